The second-order valence-corrected chi connectivity index (χ2v) is 9.93. The first-order valence-corrected chi connectivity index (χ1v) is 12.8. The highest BCUT2D eigenvalue weighted by Gasteiger charge is 2.32. The van der Waals surface area contributed by atoms with Gasteiger partial charge in [-0.2, -0.15) is 18.2 Å². The van der Waals surface area contributed by atoms with E-state index in [1.807, 2.05) is 39.0 Å². The topological polar surface area (TPSA) is 90.5 Å². The first-order chi connectivity index (χ1) is 19.4. The molecule has 11 heteroatoms. The highest BCUT2D eigenvalue weighted by Crippen LogP contribution is 2.34. The van der Waals surface area contributed by atoms with Crippen molar-refractivity contribution in [3.8, 4) is 0 Å². The monoisotopic (exact) mass is 560 g/mol. The minimum atomic E-state index is -4.56. The predicted octanol–water partition coefficient (Wildman–Crippen LogP) is 6.99. The third-order valence-electron chi connectivity index (χ3n) is 6.98. The van der Waals surface area contributed by atoms with Crippen molar-refractivity contribution in [2.24, 2.45) is 0 Å². The van der Waals surface area contributed by atoms with Crippen LogP contribution >= 0.6 is 0 Å². The molecule has 8 nitrogen and oxygen atoms in total. The Kier molecular flexibility index (Phi) is 7.12. The van der Waals surface area contributed by atoms with E-state index in [2.05, 4.69) is 20.6 Å². The van der Waals surface area contributed by atoms with Crippen LogP contribution in [0.5, 0.6) is 0 Å². The number of halogens is 3. The first-order valence-electron chi connectivity index (χ1n) is 12.8. The number of fused-ring (bicyclic) bond motifs is 1. The van der Waals surface area contributed by atoms with Gasteiger partial charge in [0.05, 0.1) is 17.8 Å². The quantitative estimate of drug-likeness (QED) is 0.275. The van der Waals surface area contributed by atoms with Crippen molar-refractivity contribution >= 4 is 40.8 Å². The summed E-state index contributed by atoms with van der Waals surface area (Å²) in [5.41, 5.74) is 4.43. The Morgan fingerprint density at radius 2 is 1.66 bits per heavy atom. The van der Waals surface area contributed by atoms with Gasteiger partial charge in [0.1, 0.15) is 5.82 Å². The maximum absolute atomic E-state index is 13.5. The molecule has 0 unspecified atom stereocenters. The highest BCUT2D eigenvalue weighted by atomic mass is 19.4. The number of aryl methyl sites for hydroxylation is 3. The molecule has 3 amide bonds. The zero-order valence-corrected chi connectivity index (χ0v) is 22.8. The molecule has 0 atom stereocenters. The maximum atomic E-state index is 13.5. The van der Waals surface area contributed by atoms with Gasteiger partial charge < -0.3 is 10.6 Å². The van der Waals surface area contributed by atoms with Crippen molar-refractivity contribution in [3.05, 3.63) is 100 Å². The fraction of sp³-hybridized carbons (Fsp3) is 0.200. The summed E-state index contributed by atoms with van der Waals surface area (Å²) in [6.45, 7) is 6.06. The number of anilines is 5. The molecule has 4 aromatic rings. The standard InChI is InChI=1S/C30H27F3N6O2/c1-17-8-10-23(12-19(17)3)36-28-34-15-21-16-39(29(41)38(4)26(21)37-28)25-14-24(11-9-18(25)2)35-27(40)20-6-5-7-22(13-20)30(31,32)33/h5-15H,16H2,1-4H3,(H,35,40)(H,34,36,37). The summed E-state index contributed by atoms with van der Waals surface area (Å²) in [5, 5.41) is 5.82. The summed E-state index contributed by atoms with van der Waals surface area (Å²) in [4.78, 5) is 38.2. The third kappa shape index (κ3) is 5.69. The van der Waals surface area contributed by atoms with Gasteiger partial charge in [0, 0.05) is 35.7 Å². The Labute approximate surface area is 234 Å². The highest BCUT2D eigenvalue weighted by molar-refractivity contribution is 6.07. The van der Waals surface area contributed by atoms with Gasteiger partial charge in [-0.1, -0.05) is 18.2 Å². The second kappa shape index (κ2) is 10.6. The molecule has 0 saturated heterocycles. The number of benzene rings is 3. The molecule has 1 aliphatic rings. The van der Waals surface area contributed by atoms with Crippen LogP contribution in [0.3, 0.4) is 0 Å². The smallest absolute Gasteiger partial charge is 0.324 e. The van der Waals surface area contributed by atoms with E-state index in [1.54, 1.807) is 31.4 Å². The maximum Gasteiger partial charge on any atom is 0.416 e. The normalized spacial score (nSPS) is 13.2. The fourth-order valence-corrected chi connectivity index (χ4v) is 4.52. The lowest BCUT2D eigenvalue weighted by Crippen LogP contribution is -2.46. The molecule has 1 aromatic heterocycles. The molecule has 0 saturated carbocycles. The number of aromatic nitrogens is 2. The Morgan fingerprint density at radius 3 is 2.39 bits per heavy atom. The van der Waals surface area contributed by atoms with Crippen LogP contribution in [-0.4, -0.2) is 29.0 Å². The summed E-state index contributed by atoms with van der Waals surface area (Å²) >= 11 is 0. The van der Waals surface area contributed by atoms with Crippen molar-refractivity contribution < 1.29 is 22.8 Å². The number of hydrogen-bond acceptors (Lipinski definition) is 5. The lowest BCUT2D eigenvalue weighted by Gasteiger charge is -2.35. The van der Waals surface area contributed by atoms with E-state index < -0.39 is 17.6 Å². The number of amides is 3. The van der Waals surface area contributed by atoms with Gasteiger partial charge in [-0.3, -0.25) is 14.6 Å². The minimum Gasteiger partial charge on any atom is -0.324 e. The Bertz CT molecular complexity index is 1670. The summed E-state index contributed by atoms with van der Waals surface area (Å²) in [7, 11) is 1.62. The minimum absolute atomic E-state index is 0.132. The zero-order valence-electron chi connectivity index (χ0n) is 22.8. The summed E-state index contributed by atoms with van der Waals surface area (Å²) in [6, 6.07) is 14.8. The first kappa shape index (κ1) is 27.6. The lowest BCUT2D eigenvalue weighted by molar-refractivity contribution is -0.137. The Balaban J connectivity index is 1.37. The van der Waals surface area contributed by atoms with Gasteiger partial charge in [-0.25, -0.2) is 9.78 Å². The van der Waals surface area contributed by atoms with Gasteiger partial charge in [0.25, 0.3) is 5.91 Å². The molecule has 2 N–H and O–H groups in total. The average molecular weight is 561 g/mol. The zero-order chi connectivity index (χ0) is 29.5. The van der Waals surface area contributed by atoms with E-state index >= 15 is 0 Å². The van der Waals surface area contributed by atoms with Crippen LogP contribution in [0.15, 0.2) is 66.9 Å². The largest absolute Gasteiger partial charge is 0.416 e. The van der Waals surface area contributed by atoms with Crippen LogP contribution in [-0.2, 0) is 12.7 Å². The van der Waals surface area contributed by atoms with E-state index in [-0.39, 0.29) is 18.1 Å². The van der Waals surface area contributed by atoms with Gasteiger partial charge >= 0.3 is 12.2 Å². The summed E-state index contributed by atoms with van der Waals surface area (Å²) in [5.74, 6) is 0.130. The molecular weight excluding hydrogens is 533 g/mol. The summed E-state index contributed by atoms with van der Waals surface area (Å²) in [6.07, 6.45) is -2.90. The van der Waals surface area contributed by atoms with E-state index in [1.165, 1.54) is 27.5 Å². The van der Waals surface area contributed by atoms with E-state index in [0.717, 1.165) is 34.5 Å². The van der Waals surface area contributed by atoms with E-state index in [0.29, 0.717) is 23.1 Å². The number of nitrogens with one attached hydrogen (secondary N) is 2. The molecule has 0 aliphatic carbocycles. The molecule has 0 bridgehead atoms. The number of urea groups is 1. The number of carbonyl (C=O) groups excluding carboxylic acids is 2. The molecule has 41 heavy (non-hydrogen) atoms. The SMILES string of the molecule is Cc1ccc(Nc2ncc3c(n2)N(C)C(=O)N(c2cc(NC(=O)c4cccc(C(F)(F)F)c4)ccc2C)C3)cc1C. The Morgan fingerprint density at radius 1 is 0.927 bits per heavy atom. The number of nitrogens with zero attached hydrogens (tertiary/aromatic N) is 4. The molecule has 3 aromatic carbocycles. The second-order valence-electron chi connectivity index (χ2n) is 9.93. The number of alkyl halides is 3. The Hall–Kier alpha value is -4.93. The van der Waals surface area contributed by atoms with Crippen LogP contribution in [0, 0.1) is 20.8 Å². The number of hydrogen-bond donors (Lipinski definition) is 2. The van der Waals surface area contributed by atoms with Crippen LogP contribution in [0.25, 0.3) is 0 Å². The average Bonchev–Trinajstić information content (AvgIpc) is 2.94. The molecule has 5 rings (SSSR count). The van der Waals surface area contributed by atoms with Gasteiger partial charge in [0.2, 0.25) is 5.95 Å². The number of carbonyl (C=O) groups is 2. The van der Waals surface area contributed by atoms with Crippen molar-refractivity contribution in [1.82, 2.24) is 9.97 Å². The van der Waals surface area contributed by atoms with E-state index in [4.69, 9.17) is 0 Å². The van der Waals surface area contributed by atoms with E-state index in [9.17, 15) is 22.8 Å². The molecule has 210 valence electrons. The fourth-order valence-electron chi connectivity index (χ4n) is 4.52. The van der Waals surface area contributed by atoms with Crippen LogP contribution in [0.4, 0.5) is 46.8 Å². The van der Waals surface area contributed by atoms with Crippen molar-refractivity contribution in [1.29, 1.82) is 0 Å². The predicted molar refractivity (Wildman–Crippen MR) is 152 cm³/mol. The number of rotatable bonds is 5. The van der Waals surface area contributed by atoms with Gasteiger partial charge in [0.15, 0.2) is 0 Å². The lowest BCUT2D eigenvalue weighted by atomic mass is 10.1. The molecule has 0 fully saturated rings. The van der Waals surface area contributed by atoms with Gasteiger partial charge in [-0.15, -0.1) is 0 Å². The van der Waals surface area contributed by atoms with Crippen LogP contribution in [0.2, 0.25) is 0 Å². The van der Waals surface area contributed by atoms with Crippen molar-refractivity contribution in [2.75, 3.05) is 27.5 Å². The third-order valence-corrected chi connectivity index (χ3v) is 6.98. The summed E-state index contributed by atoms with van der Waals surface area (Å²) < 4.78 is 39.3. The molecule has 0 radical (unpaired) electrons. The van der Waals surface area contributed by atoms with Crippen molar-refractivity contribution in [2.45, 2.75) is 33.5 Å². The van der Waals surface area contributed by atoms with Crippen molar-refractivity contribution in [3.63, 3.8) is 0 Å². The molecule has 0 spiro atoms. The molecule has 1 aliphatic heterocycles. The molecule has 2 heterocycles. The van der Waals surface area contributed by atoms with Crippen LogP contribution < -0.4 is 20.4 Å². The molecular formula is C30H27F3N6O2. The van der Waals surface area contributed by atoms with Crippen LogP contribution in [0.1, 0.15) is 38.2 Å². The van der Waals surface area contributed by atoms with Gasteiger partial charge in [-0.05, 0) is 79.9 Å².